The topological polar surface area (TPSA) is 55.8 Å². The minimum Gasteiger partial charge on any atom is -0.357 e. The van der Waals surface area contributed by atoms with Crippen LogP contribution < -0.4 is 15.5 Å². The summed E-state index contributed by atoms with van der Waals surface area (Å²) in [4.78, 5) is 14.6. The van der Waals surface area contributed by atoms with Crippen molar-refractivity contribution >= 4 is 46.4 Å². The van der Waals surface area contributed by atoms with Crippen LogP contribution in [0.5, 0.6) is 0 Å². The van der Waals surface area contributed by atoms with Crippen LogP contribution in [0.15, 0.2) is 10.4 Å². The molecule has 1 aromatic heterocycles. The highest BCUT2D eigenvalue weighted by Crippen LogP contribution is 2.24. The molecule has 3 heterocycles. The van der Waals surface area contributed by atoms with Crippen molar-refractivity contribution in [3.05, 3.63) is 11.1 Å². The molecule has 0 spiro atoms. The van der Waals surface area contributed by atoms with Crippen LogP contribution in [-0.2, 0) is 6.42 Å². The molecule has 0 bridgehead atoms. The summed E-state index contributed by atoms with van der Waals surface area (Å²) in [6, 6.07) is 0. The molecule has 2 saturated heterocycles. The molecule has 3 rings (SSSR count). The van der Waals surface area contributed by atoms with Crippen LogP contribution in [0.3, 0.4) is 0 Å². The van der Waals surface area contributed by atoms with E-state index in [1.165, 1.54) is 69.2 Å². The minimum atomic E-state index is 0. The zero-order chi connectivity index (χ0) is 19.6. The van der Waals surface area contributed by atoms with E-state index in [0.29, 0.717) is 0 Å². The zero-order valence-electron chi connectivity index (χ0n) is 18.2. The Bertz CT molecular complexity index is 594. The normalized spacial score (nSPS) is 18.7. The van der Waals surface area contributed by atoms with Crippen LogP contribution in [0.25, 0.3) is 0 Å². The third-order valence-corrected chi connectivity index (χ3v) is 6.66. The highest BCUT2D eigenvalue weighted by Gasteiger charge is 2.16. The van der Waals surface area contributed by atoms with Gasteiger partial charge in [-0.1, -0.05) is 6.92 Å². The SMILES string of the molecule is CCNC(=NCCCN1CCC(C)CC1)NCCc1csc(N2CCCC2)n1.I. The predicted octanol–water partition coefficient (Wildman–Crippen LogP) is 3.58. The fourth-order valence-electron chi connectivity index (χ4n) is 3.89. The third-order valence-electron chi connectivity index (χ3n) is 5.71. The number of piperidine rings is 1. The highest BCUT2D eigenvalue weighted by molar-refractivity contribution is 14.0. The maximum atomic E-state index is 4.81. The van der Waals surface area contributed by atoms with E-state index in [4.69, 9.17) is 9.98 Å². The summed E-state index contributed by atoms with van der Waals surface area (Å²) in [5.41, 5.74) is 1.19. The molecule has 0 saturated carbocycles. The molecular formula is C21H39IN6S. The fraction of sp³-hybridized carbons (Fsp3) is 0.810. The molecule has 0 aliphatic carbocycles. The van der Waals surface area contributed by atoms with Gasteiger partial charge >= 0.3 is 0 Å². The number of thiazole rings is 1. The van der Waals surface area contributed by atoms with Crippen molar-refractivity contribution in [1.82, 2.24) is 20.5 Å². The summed E-state index contributed by atoms with van der Waals surface area (Å²) in [5.74, 6) is 1.84. The second kappa shape index (κ2) is 13.6. The first-order chi connectivity index (χ1) is 13.7. The van der Waals surface area contributed by atoms with Gasteiger partial charge in [0.05, 0.1) is 5.69 Å². The van der Waals surface area contributed by atoms with Gasteiger partial charge in [-0.05, 0) is 64.6 Å². The number of aromatic nitrogens is 1. The molecule has 2 fully saturated rings. The number of likely N-dealkylation sites (tertiary alicyclic amines) is 1. The molecule has 2 aliphatic rings. The van der Waals surface area contributed by atoms with Crippen molar-refractivity contribution in [2.24, 2.45) is 10.9 Å². The number of hydrogen-bond acceptors (Lipinski definition) is 5. The second-order valence-corrected chi connectivity index (χ2v) is 8.97. The first kappa shape index (κ1) is 24.7. The van der Waals surface area contributed by atoms with Crippen molar-refractivity contribution in [2.75, 3.05) is 57.3 Å². The van der Waals surface area contributed by atoms with Crippen LogP contribution in [-0.4, -0.2) is 68.2 Å². The average molecular weight is 535 g/mol. The molecule has 0 atom stereocenters. The second-order valence-electron chi connectivity index (χ2n) is 8.13. The molecule has 0 amide bonds. The van der Waals surface area contributed by atoms with Crippen molar-refractivity contribution in [2.45, 2.75) is 52.4 Å². The smallest absolute Gasteiger partial charge is 0.191 e. The molecule has 0 aromatic carbocycles. The maximum absolute atomic E-state index is 4.81. The van der Waals surface area contributed by atoms with E-state index in [1.807, 2.05) is 0 Å². The van der Waals surface area contributed by atoms with Crippen LogP contribution in [0.4, 0.5) is 5.13 Å². The molecule has 166 valence electrons. The summed E-state index contributed by atoms with van der Waals surface area (Å²) in [6.07, 6.45) is 7.38. The van der Waals surface area contributed by atoms with Gasteiger partial charge in [-0.25, -0.2) is 4.98 Å². The number of halogens is 1. The molecule has 2 N–H and O–H groups in total. The van der Waals surface area contributed by atoms with E-state index in [9.17, 15) is 0 Å². The fourth-order valence-corrected chi connectivity index (χ4v) is 4.80. The number of anilines is 1. The van der Waals surface area contributed by atoms with Gasteiger partial charge in [0, 0.05) is 44.5 Å². The molecule has 1 aromatic rings. The third kappa shape index (κ3) is 8.57. The standard InChI is InChI=1S/C21H38N6S.HI/c1-3-22-20(23-10-6-12-26-15-8-18(2)9-16-26)24-11-7-19-17-28-21(25-19)27-13-4-5-14-27;/h17-18H,3-16H2,1-2H3,(H2,22,23,24);1H. The Morgan fingerprint density at radius 1 is 1.21 bits per heavy atom. The Balaban J connectivity index is 0.00000300. The van der Waals surface area contributed by atoms with Crippen molar-refractivity contribution in [3.8, 4) is 0 Å². The van der Waals surface area contributed by atoms with E-state index in [1.54, 1.807) is 11.3 Å². The van der Waals surface area contributed by atoms with Gasteiger partial charge in [-0.2, -0.15) is 0 Å². The number of hydrogen-bond donors (Lipinski definition) is 2. The first-order valence-corrected chi connectivity index (χ1v) is 12.1. The van der Waals surface area contributed by atoms with Gasteiger partial charge in [0.15, 0.2) is 11.1 Å². The van der Waals surface area contributed by atoms with E-state index in [-0.39, 0.29) is 24.0 Å². The average Bonchev–Trinajstić information content (AvgIpc) is 3.38. The molecule has 6 nitrogen and oxygen atoms in total. The summed E-state index contributed by atoms with van der Waals surface area (Å²) in [6.45, 7) is 13.2. The van der Waals surface area contributed by atoms with Crippen LogP contribution in [0.1, 0.15) is 51.6 Å². The quantitative estimate of drug-likeness (QED) is 0.220. The lowest BCUT2D eigenvalue weighted by molar-refractivity contribution is 0.192. The molecule has 8 heteroatoms. The van der Waals surface area contributed by atoms with Gasteiger partial charge < -0.3 is 20.4 Å². The van der Waals surface area contributed by atoms with Crippen molar-refractivity contribution in [3.63, 3.8) is 0 Å². The summed E-state index contributed by atoms with van der Waals surface area (Å²) in [5, 5.41) is 10.2. The van der Waals surface area contributed by atoms with E-state index in [2.05, 4.69) is 39.7 Å². The van der Waals surface area contributed by atoms with Crippen LogP contribution in [0.2, 0.25) is 0 Å². The summed E-state index contributed by atoms with van der Waals surface area (Å²) < 4.78 is 0. The Morgan fingerprint density at radius 2 is 1.97 bits per heavy atom. The largest absolute Gasteiger partial charge is 0.357 e. The Labute approximate surface area is 198 Å². The van der Waals surface area contributed by atoms with Gasteiger partial charge in [0.25, 0.3) is 0 Å². The van der Waals surface area contributed by atoms with E-state index >= 15 is 0 Å². The molecular weight excluding hydrogens is 495 g/mol. The van der Waals surface area contributed by atoms with Gasteiger partial charge in [-0.3, -0.25) is 4.99 Å². The molecule has 0 radical (unpaired) electrons. The zero-order valence-corrected chi connectivity index (χ0v) is 21.3. The molecule has 2 aliphatic heterocycles. The van der Waals surface area contributed by atoms with Crippen molar-refractivity contribution in [1.29, 1.82) is 0 Å². The lowest BCUT2D eigenvalue weighted by Gasteiger charge is -2.29. The van der Waals surface area contributed by atoms with Crippen LogP contribution >= 0.6 is 35.3 Å². The van der Waals surface area contributed by atoms with Crippen molar-refractivity contribution < 1.29 is 0 Å². The van der Waals surface area contributed by atoms with Gasteiger partial charge in [0.1, 0.15) is 0 Å². The predicted molar refractivity (Wildman–Crippen MR) is 136 cm³/mol. The monoisotopic (exact) mass is 534 g/mol. The minimum absolute atomic E-state index is 0. The Hall–Kier alpha value is -0.610. The lowest BCUT2D eigenvalue weighted by atomic mass is 9.99. The highest BCUT2D eigenvalue weighted by atomic mass is 127. The summed E-state index contributed by atoms with van der Waals surface area (Å²) in [7, 11) is 0. The number of aliphatic imine (C=N–C) groups is 1. The number of nitrogens with zero attached hydrogens (tertiary/aromatic N) is 4. The lowest BCUT2D eigenvalue weighted by Crippen LogP contribution is -2.38. The number of nitrogens with one attached hydrogen (secondary N) is 2. The first-order valence-electron chi connectivity index (χ1n) is 11.2. The summed E-state index contributed by atoms with van der Waals surface area (Å²) >= 11 is 1.78. The number of guanidine groups is 1. The Morgan fingerprint density at radius 3 is 2.69 bits per heavy atom. The van der Waals surface area contributed by atoms with E-state index in [0.717, 1.165) is 44.4 Å². The maximum Gasteiger partial charge on any atom is 0.191 e. The van der Waals surface area contributed by atoms with Gasteiger partial charge in [-0.15, -0.1) is 35.3 Å². The van der Waals surface area contributed by atoms with E-state index < -0.39 is 0 Å². The Kier molecular flexibility index (Phi) is 11.6. The molecule has 29 heavy (non-hydrogen) atoms. The molecule has 0 unspecified atom stereocenters. The van der Waals surface area contributed by atoms with Crippen LogP contribution in [0, 0.1) is 5.92 Å². The number of rotatable bonds is 9. The van der Waals surface area contributed by atoms with Gasteiger partial charge in [0.2, 0.25) is 0 Å².